The topological polar surface area (TPSA) is 40.1 Å². The van der Waals surface area contributed by atoms with Crippen LogP contribution >= 0.6 is 0 Å². The SMILES string of the molecule is CN=C(NCC(c1cccc(OC)c1)N1CCCC1)N(C)C. The Balaban J connectivity index is 2.15. The Hall–Kier alpha value is -1.75. The number of likely N-dealkylation sites (tertiary alicyclic amines) is 1. The number of nitrogens with zero attached hydrogens (tertiary/aromatic N) is 3. The minimum atomic E-state index is 0.342. The van der Waals surface area contributed by atoms with Crippen LogP contribution < -0.4 is 10.1 Å². The molecule has 0 spiro atoms. The van der Waals surface area contributed by atoms with Crippen molar-refractivity contribution >= 4 is 5.96 Å². The predicted octanol–water partition coefficient (Wildman–Crippen LogP) is 1.97. The molecule has 0 radical (unpaired) electrons. The molecule has 1 heterocycles. The molecule has 22 heavy (non-hydrogen) atoms. The van der Waals surface area contributed by atoms with E-state index < -0.39 is 0 Å². The van der Waals surface area contributed by atoms with Crippen LogP contribution in [0.15, 0.2) is 29.3 Å². The minimum Gasteiger partial charge on any atom is -0.497 e. The van der Waals surface area contributed by atoms with Crippen molar-refractivity contribution in [1.82, 2.24) is 15.1 Å². The molecule has 1 saturated heterocycles. The first-order valence-electron chi connectivity index (χ1n) is 7.91. The lowest BCUT2D eigenvalue weighted by atomic mass is 10.1. The van der Waals surface area contributed by atoms with E-state index in [9.17, 15) is 0 Å². The third-order valence-corrected chi connectivity index (χ3v) is 4.15. The van der Waals surface area contributed by atoms with Gasteiger partial charge in [0.15, 0.2) is 5.96 Å². The molecule has 1 aromatic rings. The summed E-state index contributed by atoms with van der Waals surface area (Å²) in [5, 5.41) is 3.48. The fourth-order valence-electron chi connectivity index (χ4n) is 2.98. The van der Waals surface area contributed by atoms with E-state index in [4.69, 9.17) is 4.74 Å². The fraction of sp³-hybridized carbons (Fsp3) is 0.588. The lowest BCUT2D eigenvalue weighted by Crippen LogP contribution is -2.42. The fourth-order valence-corrected chi connectivity index (χ4v) is 2.98. The zero-order chi connectivity index (χ0) is 15.9. The maximum absolute atomic E-state index is 5.38. The molecule has 5 heteroatoms. The van der Waals surface area contributed by atoms with E-state index in [-0.39, 0.29) is 0 Å². The van der Waals surface area contributed by atoms with Gasteiger partial charge in [0.2, 0.25) is 0 Å². The van der Waals surface area contributed by atoms with Gasteiger partial charge < -0.3 is 15.0 Å². The Kier molecular flexibility index (Phi) is 6.07. The lowest BCUT2D eigenvalue weighted by Gasteiger charge is -2.30. The molecule has 1 atom stereocenters. The van der Waals surface area contributed by atoms with Gasteiger partial charge in [-0.25, -0.2) is 0 Å². The lowest BCUT2D eigenvalue weighted by molar-refractivity contribution is 0.244. The van der Waals surface area contributed by atoms with Crippen LogP contribution in [0.3, 0.4) is 0 Å². The second-order valence-electron chi connectivity index (χ2n) is 5.86. The molecule has 122 valence electrons. The van der Waals surface area contributed by atoms with Gasteiger partial charge in [0.1, 0.15) is 5.75 Å². The van der Waals surface area contributed by atoms with Crippen LogP contribution in [-0.4, -0.2) is 63.6 Å². The second kappa shape index (κ2) is 8.03. The Morgan fingerprint density at radius 2 is 2.09 bits per heavy atom. The van der Waals surface area contributed by atoms with Crippen molar-refractivity contribution in [2.24, 2.45) is 4.99 Å². The highest BCUT2D eigenvalue weighted by atomic mass is 16.5. The number of guanidine groups is 1. The first-order chi connectivity index (χ1) is 10.7. The molecule has 0 amide bonds. The van der Waals surface area contributed by atoms with Crippen molar-refractivity contribution < 1.29 is 4.74 Å². The zero-order valence-corrected chi connectivity index (χ0v) is 14.2. The van der Waals surface area contributed by atoms with Gasteiger partial charge in [0, 0.05) is 27.7 Å². The third kappa shape index (κ3) is 4.13. The van der Waals surface area contributed by atoms with Crippen LogP contribution in [0.25, 0.3) is 0 Å². The molecule has 1 aliphatic rings. The number of methoxy groups -OCH3 is 1. The van der Waals surface area contributed by atoms with E-state index in [0.717, 1.165) is 31.3 Å². The smallest absolute Gasteiger partial charge is 0.193 e. The quantitative estimate of drug-likeness (QED) is 0.667. The Morgan fingerprint density at radius 1 is 1.36 bits per heavy atom. The second-order valence-corrected chi connectivity index (χ2v) is 5.86. The average Bonchev–Trinajstić information content (AvgIpc) is 3.05. The highest BCUT2D eigenvalue weighted by Crippen LogP contribution is 2.27. The minimum absolute atomic E-state index is 0.342. The van der Waals surface area contributed by atoms with Crippen molar-refractivity contribution in [1.29, 1.82) is 0 Å². The molecule has 2 rings (SSSR count). The van der Waals surface area contributed by atoms with Crippen molar-refractivity contribution in [3.05, 3.63) is 29.8 Å². The number of ether oxygens (including phenoxy) is 1. The monoisotopic (exact) mass is 304 g/mol. The molecule has 1 aliphatic heterocycles. The molecular weight excluding hydrogens is 276 g/mol. The molecular formula is C17H28N4O. The highest BCUT2D eigenvalue weighted by molar-refractivity contribution is 5.79. The first-order valence-corrected chi connectivity index (χ1v) is 7.91. The largest absolute Gasteiger partial charge is 0.497 e. The van der Waals surface area contributed by atoms with Crippen LogP contribution in [0.2, 0.25) is 0 Å². The Labute approximate surface area is 134 Å². The molecule has 1 fully saturated rings. The molecule has 5 nitrogen and oxygen atoms in total. The van der Waals surface area contributed by atoms with Crippen LogP contribution in [0, 0.1) is 0 Å². The van der Waals surface area contributed by atoms with Gasteiger partial charge in [-0.3, -0.25) is 9.89 Å². The summed E-state index contributed by atoms with van der Waals surface area (Å²) < 4.78 is 5.38. The Bertz CT molecular complexity index is 495. The van der Waals surface area contributed by atoms with Gasteiger partial charge in [-0.05, 0) is 43.6 Å². The molecule has 0 saturated carbocycles. The van der Waals surface area contributed by atoms with E-state index in [2.05, 4.69) is 33.4 Å². The van der Waals surface area contributed by atoms with Gasteiger partial charge >= 0.3 is 0 Å². The number of hydrogen-bond donors (Lipinski definition) is 1. The molecule has 1 unspecified atom stereocenters. The van der Waals surface area contributed by atoms with Crippen molar-refractivity contribution in [3.63, 3.8) is 0 Å². The van der Waals surface area contributed by atoms with Gasteiger partial charge in [0.05, 0.1) is 13.2 Å². The summed E-state index contributed by atoms with van der Waals surface area (Å²) in [6, 6.07) is 8.73. The van der Waals surface area contributed by atoms with Crippen LogP contribution in [0.4, 0.5) is 0 Å². The van der Waals surface area contributed by atoms with E-state index in [1.165, 1.54) is 18.4 Å². The molecule has 0 bridgehead atoms. The van der Waals surface area contributed by atoms with Gasteiger partial charge in [0.25, 0.3) is 0 Å². The van der Waals surface area contributed by atoms with Crippen LogP contribution in [-0.2, 0) is 0 Å². The summed E-state index contributed by atoms with van der Waals surface area (Å²) in [4.78, 5) is 8.85. The zero-order valence-electron chi connectivity index (χ0n) is 14.2. The van der Waals surface area contributed by atoms with E-state index in [0.29, 0.717) is 6.04 Å². The third-order valence-electron chi connectivity index (χ3n) is 4.15. The normalized spacial score (nSPS) is 17.4. The van der Waals surface area contributed by atoms with E-state index in [1.54, 1.807) is 7.11 Å². The molecule has 0 aromatic heterocycles. The number of benzene rings is 1. The number of hydrogen-bond acceptors (Lipinski definition) is 3. The summed E-state index contributed by atoms with van der Waals surface area (Å²) in [6.07, 6.45) is 2.56. The van der Waals surface area contributed by atoms with Gasteiger partial charge in [-0.2, -0.15) is 0 Å². The predicted molar refractivity (Wildman–Crippen MR) is 91.6 cm³/mol. The van der Waals surface area contributed by atoms with Crippen molar-refractivity contribution in [3.8, 4) is 5.75 Å². The molecule has 1 N–H and O–H groups in total. The maximum atomic E-state index is 5.38. The van der Waals surface area contributed by atoms with Gasteiger partial charge in [-0.15, -0.1) is 0 Å². The highest BCUT2D eigenvalue weighted by Gasteiger charge is 2.24. The van der Waals surface area contributed by atoms with Crippen molar-refractivity contribution in [2.45, 2.75) is 18.9 Å². The summed E-state index contributed by atoms with van der Waals surface area (Å²) in [5.74, 6) is 1.82. The van der Waals surface area contributed by atoms with Crippen LogP contribution in [0.5, 0.6) is 5.75 Å². The summed E-state index contributed by atoms with van der Waals surface area (Å²) >= 11 is 0. The van der Waals surface area contributed by atoms with E-state index >= 15 is 0 Å². The van der Waals surface area contributed by atoms with Crippen molar-refractivity contribution in [2.75, 3.05) is 47.9 Å². The number of rotatable bonds is 5. The maximum Gasteiger partial charge on any atom is 0.193 e. The van der Waals surface area contributed by atoms with Crippen LogP contribution in [0.1, 0.15) is 24.4 Å². The Morgan fingerprint density at radius 3 is 2.68 bits per heavy atom. The average molecular weight is 304 g/mol. The number of aliphatic imine (C=N–C) groups is 1. The van der Waals surface area contributed by atoms with E-state index in [1.807, 2.05) is 32.1 Å². The summed E-state index contributed by atoms with van der Waals surface area (Å²) in [5.41, 5.74) is 1.29. The first kappa shape index (κ1) is 16.6. The number of nitrogens with one attached hydrogen (secondary N) is 1. The molecule has 1 aromatic carbocycles. The molecule has 0 aliphatic carbocycles. The summed E-state index contributed by atoms with van der Waals surface area (Å²) in [7, 11) is 7.55. The summed E-state index contributed by atoms with van der Waals surface area (Å²) in [6.45, 7) is 3.16. The standard InChI is InChI=1S/C17H28N4O/c1-18-17(20(2)3)19-13-16(21-10-5-6-11-21)14-8-7-9-15(12-14)22-4/h7-9,12,16H,5-6,10-11,13H2,1-4H3,(H,18,19). The van der Waals surface area contributed by atoms with Gasteiger partial charge in [-0.1, -0.05) is 12.1 Å².